The van der Waals surface area contributed by atoms with Crippen LogP contribution in [-0.2, 0) is 0 Å². The monoisotopic (exact) mass is 630 g/mol. The van der Waals surface area contributed by atoms with E-state index in [4.69, 9.17) is 14.4 Å². The maximum atomic E-state index is 6.77. The normalized spacial score (nSPS) is 11.8. The summed E-state index contributed by atoms with van der Waals surface area (Å²) >= 11 is 1.75. The van der Waals surface area contributed by atoms with Gasteiger partial charge in [-0.25, -0.2) is 9.97 Å². The molecule has 0 atom stereocenters. The topological polar surface area (TPSA) is 38.9 Å². The maximum absolute atomic E-state index is 6.77. The fourth-order valence-corrected chi connectivity index (χ4v) is 8.20. The number of para-hydroxylation sites is 1. The van der Waals surface area contributed by atoms with Crippen LogP contribution in [-0.4, -0.2) is 9.97 Å². The van der Waals surface area contributed by atoms with Crippen molar-refractivity contribution in [2.45, 2.75) is 0 Å². The third-order valence-corrected chi connectivity index (χ3v) is 10.5. The summed E-state index contributed by atoms with van der Waals surface area (Å²) in [6.07, 6.45) is 0. The lowest BCUT2D eigenvalue weighted by Crippen LogP contribution is -1.95. The molecule has 3 heterocycles. The van der Waals surface area contributed by atoms with E-state index < -0.39 is 0 Å². The molecule has 48 heavy (non-hydrogen) atoms. The molecule has 0 radical (unpaired) electrons. The van der Waals surface area contributed by atoms with Gasteiger partial charge >= 0.3 is 0 Å². The number of fused-ring (bicyclic) bond motifs is 8. The lowest BCUT2D eigenvalue weighted by Gasteiger charge is -2.11. The van der Waals surface area contributed by atoms with E-state index in [1.54, 1.807) is 11.3 Å². The number of hydrogen-bond donors (Lipinski definition) is 0. The molecule has 0 saturated carbocycles. The molecule has 0 N–H and O–H groups in total. The van der Waals surface area contributed by atoms with E-state index in [1.165, 1.54) is 15.8 Å². The van der Waals surface area contributed by atoms with Gasteiger partial charge in [-0.2, -0.15) is 0 Å². The van der Waals surface area contributed by atoms with E-state index in [1.807, 2.05) is 12.1 Å². The molecule has 3 aromatic heterocycles. The minimum atomic E-state index is 0.690. The molecule has 4 heteroatoms. The zero-order valence-corrected chi connectivity index (χ0v) is 26.5. The van der Waals surface area contributed by atoms with Crippen LogP contribution in [0.3, 0.4) is 0 Å². The Morgan fingerprint density at radius 2 is 1.08 bits per heavy atom. The molecule has 7 aromatic carbocycles. The van der Waals surface area contributed by atoms with Gasteiger partial charge in [-0.15, -0.1) is 11.3 Å². The zero-order chi connectivity index (χ0) is 31.6. The van der Waals surface area contributed by atoms with Crippen molar-refractivity contribution >= 4 is 64.4 Å². The molecule has 0 bridgehead atoms. The molecule has 0 aliphatic rings. The van der Waals surface area contributed by atoms with Gasteiger partial charge in [0.25, 0.3) is 0 Å². The minimum absolute atomic E-state index is 0.690. The first-order chi connectivity index (χ1) is 23.8. The summed E-state index contributed by atoms with van der Waals surface area (Å²) in [6.45, 7) is 0. The summed E-state index contributed by atoms with van der Waals surface area (Å²) in [6, 6.07) is 55.3. The van der Waals surface area contributed by atoms with Gasteiger partial charge in [0.2, 0.25) is 0 Å². The minimum Gasteiger partial charge on any atom is -0.455 e. The van der Waals surface area contributed by atoms with Crippen LogP contribution >= 0.6 is 11.3 Å². The van der Waals surface area contributed by atoms with E-state index in [0.717, 1.165) is 76.3 Å². The summed E-state index contributed by atoms with van der Waals surface area (Å²) in [5, 5.41) is 5.59. The van der Waals surface area contributed by atoms with Crippen molar-refractivity contribution in [3.05, 3.63) is 158 Å². The Balaban J connectivity index is 1.24. The summed E-state index contributed by atoms with van der Waals surface area (Å²) in [7, 11) is 0. The fourth-order valence-electron chi connectivity index (χ4n) is 7.05. The second kappa shape index (κ2) is 10.7. The van der Waals surface area contributed by atoms with Crippen molar-refractivity contribution in [2.24, 2.45) is 0 Å². The molecule has 0 unspecified atom stereocenters. The van der Waals surface area contributed by atoms with Crippen LogP contribution in [0.25, 0.3) is 97.9 Å². The highest BCUT2D eigenvalue weighted by molar-refractivity contribution is 7.26. The summed E-state index contributed by atoms with van der Waals surface area (Å²) in [4.78, 5) is 10.7. The standard InChI is InChI=1S/C44H26N2OS/c1-3-12-27(13-4-1)28-22-24-30(25-23-28)40-43-41(34-18-9-10-21-38(34)48-43)46-44(45-40)36-26-37-39(33-17-8-7-16-32(33)36)35-20-11-19-31(42(35)47-37)29-14-5-2-6-15-29/h1-26H. The predicted octanol–water partition coefficient (Wildman–Crippen LogP) is 12.6. The van der Waals surface area contributed by atoms with Crippen molar-refractivity contribution in [3.8, 4) is 44.9 Å². The molecular formula is C44H26N2OS. The van der Waals surface area contributed by atoms with Gasteiger partial charge in [0.15, 0.2) is 5.82 Å². The van der Waals surface area contributed by atoms with Crippen LogP contribution < -0.4 is 0 Å². The molecule has 0 spiro atoms. The third-order valence-electron chi connectivity index (χ3n) is 9.32. The highest BCUT2D eigenvalue weighted by Crippen LogP contribution is 2.44. The van der Waals surface area contributed by atoms with Crippen LogP contribution in [0, 0.1) is 0 Å². The second-order valence-electron chi connectivity index (χ2n) is 12.1. The number of rotatable bonds is 4. The van der Waals surface area contributed by atoms with E-state index >= 15 is 0 Å². The van der Waals surface area contributed by atoms with Crippen LogP contribution in [0.4, 0.5) is 0 Å². The number of furan rings is 1. The molecule has 0 aliphatic heterocycles. The molecule has 0 fully saturated rings. The van der Waals surface area contributed by atoms with Gasteiger partial charge in [0.05, 0.1) is 15.9 Å². The van der Waals surface area contributed by atoms with Crippen molar-refractivity contribution in [3.63, 3.8) is 0 Å². The first-order valence-electron chi connectivity index (χ1n) is 16.1. The molecule has 10 rings (SSSR count). The molecule has 224 valence electrons. The van der Waals surface area contributed by atoms with Crippen LogP contribution in [0.1, 0.15) is 0 Å². The average Bonchev–Trinajstić information content (AvgIpc) is 3.73. The summed E-state index contributed by atoms with van der Waals surface area (Å²) in [5.74, 6) is 0.690. The quantitative estimate of drug-likeness (QED) is 0.194. The Bertz CT molecular complexity index is 2820. The second-order valence-corrected chi connectivity index (χ2v) is 13.2. The number of thiophene rings is 1. The maximum Gasteiger partial charge on any atom is 0.161 e. The van der Waals surface area contributed by atoms with Gasteiger partial charge in [-0.1, -0.05) is 146 Å². The number of aromatic nitrogens is 2. The molecule has 3 nitrogen and oxygen atoms in total. The van der Waals surface area contributed by atoms with Gasteiger partial charge in [-0.05, 0) is 39.6 Å². The zero-order valence-electron chi connectivity index (χ0n) is 25.7. The van der Waals surface area contributed by atoms with Gasteiger partial charge < -0.3 is 4.42 Å². The predicted molar refractivity (Wildman–Crippen MR) is 201 cm³/mol. The van der Waals surface area contributed by atoms with E-state index in [9.17, 15) is 0 Å². The first kappa shape index (κ1) is 27.1. The molecule has 10 aromatic rings. The summed E-state index contributed by atoms with van der Waals surface area (Å²) in [5.41, 5.74) is 10.2. The number of hydrogen-bond acceptors (Lipinski definition) is 4. The Morgan fingerprint density at radius 3 is 1.88 bits per heavy atom. The van der Waals surface area contributed by atoms with E-state index in [-0.39, 0.29) is 0 Å². The Hall–Kier alpha value is -6.10. The van der Waals surface area contributed by atoms with Gasteiger partial charge in [0.1, 0.15) is 11.2 Å². The number of nitrogens with zero attached hydrogens (tertiary/aromatic N) is 2. The van der Waals surface area contributed by atoms with Crippen LogP contribution in [0.5, 0.6) is 0 Å². The SMILES string of the molecule is c1ccc(-c2ccc(-c3nc(-c4cc5oc6c(-c7ccccc7)cccc6c5c5ccccc45)nc4c3sc3ccccc34)cc2)cc1. The van der Waals surface area contributed by atoms with Gasteiger partial charge in [0, 0.05) is 37.5 Å². The fraction of sp³-hybridized carbons (Fsp3) is 0. The van der Waals surface area contributed by atoms with Crippen molar-refractivity contribution in [2.75, 3.05) is 0 Å². The Labute approximate surface area is 280 Å². The van der Waals surface area contributed by atoms with Crippen molar-refractivity contribution in [1.29, 1.82) is 0 Å². The number of benzene rings is 7. The van der Waals surface area contributed by atoms with E-state index in [2.05, 4.69) is 146 Å². The molecule has 0 amide bonds. The van der Waals surface area contributed by atoms with Crippen LogP contribution in [0.2, 0.25) is 0 Å². The third kappa shape index (κ3) is 4.20. The lowest BCUT2D eigenvalue weighted by atomic mass is 9.97. The largest absolute Gasteiger partial charge is 0.455 e. The summed E-state index contributed by atoms with van der Waals surface area (Å²) < 4.78 is 9.06. The Kier molecular flexibility index (Phi) is 6.05. The van der Waals surface area contributed by atoms with Gasteiger partial charge in [-0.3, -0.25) is 0 Å². The first-order valence-corrected chi connectivity index (χ1v) is 16.9. The van der Waals surface area contributed by atoms with Crippen LogP contribution in [0.15, 0.2) is 162 Å². The van der Waals surface area contributed by atoms with Crippen molar-refractivity contribution in [1.82, 2.24) is 9.97 Å². The average molecular weight is 631 g/mol. The molecule has 0 aliphatic carbocycles. The van der Waals surface area contributed by atoms with Crippen molar-refractivity contribution < 1.29 is 4.42 Å². The smallest absolute Gasteiger partial charge is 0.161 e. The highest BCUT2D eigenvalue weighted by Gasteiger charge is 2.21. The lowest BCUT2D eigenvalue weighted by molar-refractivity contribution is 0.670. The highest BCUT2D eigenvalue weighted by atomic mass is 32.1. The molecular weight excluding hydrogens is 605 g/mol. The van der Waals surface area contributed by atoms with E-state index in [0.29, 0.717) is 5.82 Å². The molecule has 0 saturated heterocycles. The Morgan fingerprint density at radius 1 is 0.458 bits per heavy atom.